The van der Waals surface area contributed by atoms with Crippen LogP contribution in [-0.2, 0) is 4.79 Å². The number of benzene rings is 2. The van der Waals surface area contributed by atoms with E-state index < -0.39 is 11.6 Å². The molecule has 0 saturated heterocycles. The number of para-hydroxylation sites is 1. The van der Waals surface area contributed by atoms with Crippen molar-refractivity contribution in [2.45, 2.75) is 51.6 Å². The van der Waals surface area contributed by atoms with Crippen molar-refractivity contribution in [2.75, 3.05) is 16.8 Å². The molecule has 1 fully saturated rings. The van der Waals surface area contributed by atoms with Gasteiger partial charge in [-0.15, -0.1) is 0 Å². The van der Waals surface area contributed by atoms with E-state index in [1.807, 2.05) is 24.3 Å². The average molecular weight is 468 g/mol. The number of urea groups is 1. The lowest BCUT2D eigenvalue weighted by Gasteiger charge is -2.28. The summed E-state index contributed by atoms with van der Waals surface area (Å²) in [4.78, 5) is 31.1. The Labute approximate surface area is 197 Å². The smallest absolute Gasteiger partial charge is 0.347 e. The summed E-state index contributed by atoms with van der Waals surface area (Å²) in [5.41, 5.74) is 0.158. The number of thiazole rings is 1. The highest BCUT2D eigenvalue weighted by atomic mass is 32.1. The highest BCUT2D eigenvalue weighted by Gasteiger charge is 2.29. The second-order valence-corrected chi connectivity index (χ2v) is 9.96. The van der Waals surface area contributed by atoms with Crippen molar-refractivity contribution >= 4 is 44.4 Å². The van der Waals surface area contributed by atoms with E-state index in [2.05, 4.69) is 5.32 Å². The van der Waals surface area contributed by atoms with Crippen LogP contribution < -0.4 is 15.0 Å². The molecule has 7 nitrogen and oxygen atoms in total. The van der Waals surface area contributed by atoms with E-state index in [1.54, 1.807) is 29.2 Å². The minimum atomic E-state index is -1.34. The van der Waals surface area contributed by atoms with Crippen LogP contribution in [0.5, 0.6) is 5.75 Å². The van der Waals surface area contributed by atoms with Crippen LogP contribution in [0.1, 0.15) is 46.0 Å². The van der Waals surface area contributed by atoms with E-state index in [0.717, 1.165) is 23.1 Å². The molecule has 174 valence electrons. The second kappa shape index (κ2) is 9.79. The number of carboxylic acid groups (broad SMARTS) is 1. The van der Waals surface area contributed by atoms with Crippen LogP contribution >= 0.6 is 11.3 Å². The molecule has 0 unspecified atom stereocenters. The first-order chi connectivity index (χ1) is 15.8. The normalized spacial score (nSPS) is 14.7. The predicted molar refractivity (Wildman–Crippen MR) is 131 cm³/mol. The summed E-state index contributed by atoms with van der Waals surface area (Å²) in [5.74, 6) is -0.162. The van der Waals surface area contributed by atoms with Crippen LogP contribution in [0.4, 0.5) is 15.6 Å². The topological polar surface area (TPSA) is 91.8 Å². The number of nitrogens with one attached hydrogen (secondary N) is 1. The third kappa shape index (κ3) is 5.63. The summed E-state index contributed by atoms with van der Waals surface area (Å²) in [6.45, 7) is 3.62. The summed E-state index contributed by atoms with van der Waals surface area (Å²) >= 11 is 1.52. The SMILES string of the molecule is CC(C)(Oc1ccc(NC(=O)N(CC2CCCCC2)c2nc3ccccc3s2)cc1)C(=O)O. The number of hydrogen-bond donors (Lipinski definition) is 2. The van der Waals surface area contributed by atoms with Gasteiger partial charge in [0.1, 0.15) is 5.75 Å². The molecule has 0 atom stereocenters. The van der Waals surface area contributed by atoms with Gasteiger partial charge in [-0.05, 0) is 69.0 Å². The van der Waals surface area contributed by atoms with Crippen LogP contribution in [0, 0.1) is 5.92 Å². The zero-order valence-electron chi connectivity index (χ0n) is 18.9. The number of carbonyl (C=O) groups excluding carboxylic acids is 1. The molecule has 1 aliphatic rings. The van der Waals surface area contributed by atoms with E-state index in [1.165, 1.54) is 44.4 Å². The molecule has 8 heteroatoms. The van der Waals surface area contributed by atoms with Crippen LogP contribution in [0.15, 0.2) is 48.5 Å². The van der Waals surface area contributed by atoms with Gasteiger partial charge in [-0.25, -0.2) is 14.6 Å². The van der Waals surface area contributed by atoms with Gasteiger partial charge in [-0.2, -0.15) is 0 Å². The van der Waals surface area contributed by atoms with Gasteiger partial charge in [-0.1, -0.05) is 42.7 Å². The van der Waals surface area contributed by atoms with E-state index >= 15 is 0 Å². The Kier molecular flexibility index (Phi) is 6.83. The summed E-state index contributed by atoms with van der Waals surface area (Å²) in [6, 6.07) is 14.4. The van der Waals surface area contributed by atoms with Gasteiger partial charge in [0.25, 0.3) is 0 Å². The number of rotatable bonds is 7. The Balaban J connectivity index is 1.51. The van der Waals surface area contributed by atoms with Gasteiger partial charge >= 0.3 is 12.0 Å². The van der Waals surface area contributed by atoms with E-state index in [0.29, 0.717) is 29.0 Å². The lowest BCUT2D eigenvalue weighted by Crippen LogP contribution is -2.39. The van der Waals surface area contributed by atoms with Crippen molar-refractivity contribution in [2.24, 2.45) is 5.92 Å². The fraction of sp³-hybridized carbons (Fsp3) is 0.400. The van der Waals surface area contributed by atoms with E-state index in [4.69, 9.17) is 9.72 Å². The minimum absolute atomic E-state index is 0.223. The molecule has 0 aliphatic heterocycles. The number of carboxylic acids is 1. The maximum absolute atomic E-state index is 13.3. The first-order valence-electron chi connectivity index (χ1n) is 11.3. The Bertz CT molecular complexity index is 1090. The second-order valence-electron chi connectivity index (χ2n) is 8.95. The Morgan fingerprint density at radius 2 is 1.82 bits per heavy atom. The molecule has 1 saturated carbocycles. The minimum Gasteiger partial charge on any atom is -0.478 e. The Hall–Kier alpha value is -3.13. The quantitative estimate of drug-likeness (QED) is 0.434. The maximum Gasteiger partial charge on any atom is 0.347 e. The number of carbonyl (C=O) groups is 2. The number of fused-ring (bicyclic) bond motifs is 1. The summed E-state index contributed by atoms with van der Waals surface area (Å²) < 4.78 is 6.60. The third-order valence-corrected chi connectivity index (χ3v) is 6.98. The van der Waals surface area contributed by atoms with Crippen molar-refractivity contribution in [3.05, 3.63) is 48.5 Å². The predicted octanol–water partition coefficient (Wildman–Crippen LogP) is 6.16. The molecule has 33 heavy (non-hydrogen) atoms. The lowest BCUT2D eigenvalue weighted by atomic mass is 9.89. The standard InChI is InChI=1S/C25H29N3O4S/c1-25(2,22(29)30)32-19-14-12-18(13-15-19)26-23(31)28(16-17-8-4-3-5-9-17)24-27-20-10-6-7-11-21(20)33-24/h6-7,10-15,17H,3-5,8-9,16H2,1-2H3,(H,26,31)(H,29,30). The molecule has 0 bridgehead atoms. The van der Waals surface area contributed by atoms with Crippen molar-refractivity contribution in [3.8, 4) is 5.75 Å². The van der Waals surface area contributed by atoms with Crippen molar-refractivity contribution < 1.29 is 19.4 Å². The number of amides is 2. The maximum atomic E-state index is 13.3. The number of aromatic nitrogens is 1. The number of ether oxygens (including phenoxy) is 1. The number of hydrogen-bond acceptors (Lipinski definition) is 5. The van der Waals surface area contributed by atoms with Crippen LogP contribution in [0.3, 0.4) is 0 Å². The number of anilines is 2. The first-order valence-corrected chi connectivity index (χ1v) is 12.1. The van der Waals surface area contributed by atoms with Gasteiger partial charge in [-0.3, -0.25) is 4.90 Å². The summed E-state index contributed by atoms with van der Waals surface area (Å²) in [5, 5.41) is 12.9. The van der Waals surface area contributed by atoms with Gasteiger partial charge < -0.3 is 15.2 Å². The van der Waals surface area contributed by atoms with E-state index in [9.17, 15) is 14.7 Å². The van der Waals surface area contributed by atoms with Gasteiger partial charge in [0.05, 0.1) is 10.2 Å². The molecular formula is C25H29N3O4S. The van der Waals surface area contributed by atoms with Crippen LogP contribution in [0.25, 0.3) is 10.2 Å². The van der Waals surface area contributed by atoms with E-state index in [-0.39, 0.29) is 6.03 Å². The molecule has 2 N–H and O–H groups in total. The highest BCUT2D eigenvalue weighted by molar-refractivity contribution is 7.22. The molecule has 3 aromatic rings. The monoisotopic (exact) mass is 467 g/mol. The van der Waals surface area contributed by atoms with Gasteiger partial charge in [0, 0.05) is 12.2 Å². The van der Waals surface area contributed by atoms with Crippen molar-refractivity contribution in [3.63, 3.8) is 0 Å². The molecule has 2 aromatic carbocycles. The van der Waals surface area contributed by atoms with Crippen LogP contribution in [0.2, 0.25) is 0 Å². The molecule has 1 aromatic heterocycles. The zero-order valence-corrected chi connectivity index (χ0v) is 19.7. The Morgan fingerprint density at radius 1 is 1.12 bits per heavy atom. The lowest BCUT2D eigenvalue weighted by molar-refractivity contribution is -0.152. The highest BCUT2D eigenvalue weighted by Crippen LogP contribution is 2.32. The van der Waals surface area contributed by atoms with Gasteiger partial charge in [0.15, 0.2) is 10.7 Å². The summed E-state index contributed by atoms with van der Waals surface area (Å²) in [7, 11) is 0. The number of nitrogens with zero attached hydrogens (tertiary/aromatic N) is 2. The first kappa shape index (κ1) is 23.0. The molecule has 1 heterocycles. The molecule has 0 radical (unpaired) electrons. The molecular weight excluding hydrogens is 438 g/mol. The molecule has 0 spiro atoms. The fourth-order valence-electron chi connectivity index (χ4n) is 3.99. The Morgan fingerprint density at radius 3 is 2.48 bits per heavy atom. The number of aliphatic carboxylic acids is 1. The molecule has 4 rings (SSSR count). The zero-order chi connectivity index (χ0) is 23.4. The third-order valence-electron chi connectivity index (χ3n) is 5.92. The van der Waals surface area contributed by atoms with Crippen molar-refractivity contribution in [1.29, 1.82) is 0 Å². The largest absolute Gasteiger partial charge is 0.478 e. The molecule has 2 amide bonds. The van der Waals surface area contributed by atoms with Crippen LogP contribution in [-0.4, -0.2) is 34.2 Å². The van der Waals surface area contributed by atoms with Gasteiger partial charge in [0.2, 0.25) is 0 Å². The fourth-order valence-corrected chi connectivity index (χ4v) is 4.96. The van der Waals surface area contributed by atoms with Crippen molar-refractivity contribution in [1.82, 2.24) is 4.98 Å². The summed E-state index contributed by atoms with van der Waals surface area (Å²) in [6.07, 6.45) is 5.92. The average Bonchev–Trinajstić information content (AvgIpc) is 3.23. The molecule has 1 aliphatic carbocycles.